The Hall–Kier alpha value is -0.160. The average Bonchev–Trinajstić information content (AvgIpc) is 1.91. The number of nitrogens with one attached hydrogen (secondary N) is 2. The number of hydrogen-bond donors (Lipinski definition) is 2. The molecule has 0 spiro atoms. The highest BCUT2D eigenvalue weighted by molar-refractivity contribution is 4.56. The Bertz CT molecular complexity index is 56.0. The molecular weight excluding hydrogens is 92.1 g/mol. The van der Waals surface area contributed by atoms with Gasteiger partial charge in [0.05, 0.1) is 0 Å². The minimum atomic E-state index is 1.76. The molecule has 0 saturated carbocycles. The molecule has 1 rings (SSSR count). The fourth-order valence-electron chi connectivity index (χ4n) is 0.337. The van der Waals surface area contributed by atoms with E-state index < -0.39 is 0 Å². The quantitative estimate of drug-likeness (QED) is 0.399. The summed E-state index contributed by atoms with van der Waals surface area (Å²) >= 11 is 0. The first kappa shape index (κ1) is 4.99. The first-order valence-electron chi connectivity index (χ1n) is 2.04. The third kappa shape index (κ3) is 0.889. The highest BCUT2D eigenvalue weighted by Crippen LogP contribution is 1.86. The van der Waals surface area contributed by atoms with Crippen LogP contribution in [0.2, 0.25) is 0 Å². The van der Waals surface area contributed by atoms with E-state index in [2.05, 4.69) is 17.5 Å². The molecule has 0 unspecified atom stereocenters. The van der Waals surface area contributed by atoms with E-state index in [1.807, 2.05) is 14.1 Å². The minimum absolute atomic E-state index is 1.76. The number of hydrogen-bond acceptors (Lipinski definition) is 4. The van der Waals surface area contributed by atoms with Crippen LogP contribution in [0.1, 0.15) is 0 Å². The van der Waals surface area contributed by atoms with E-state index in [9.17, 15) is 0 Å². The van der Waals surface area contributed by atoms with E-state index >= 15 is 0 Å². The SMILES string of the molecule is CN1N[C]NN1C. The lowest BCUT2D eigenvalue weighted by Crippen LogP contribution is -2.38. The molecule has 0 aromatic rings. The van der Waals surface area contributed by atoms with Crippen molar-refractivity contribution >= 4 is 0 Å². The molecule has 1 aliphatic rings. The summed E-state index contributed by atoms with van der Waals surface area (Å²) in [6.45, 7) is 2.67. The molecule has 40 valence electrons. The lowest BCUT2D eigenvalue weighted by molar-refractivity contribution is 0.0125. The molecule has 2 N–H and O–H groups in total. The Morgan fingerprint density at radius 3 is 1.71 bits per heavy atom. The molecular formula is C3H8N4. The Kier molecular flexibility index (Phi) is 1.25. The van der Waals surface area contributed by atoms with E-state index in [0.717, 1.165) is 0 Å². The largest absolute Gasteiger partial charge is 0.213 e. The Morgan fingerprint density at radius 2 is 1.57 bits per heavy atom. The van der Waals surface area contributed by atoms with E-state index in [1.165, 1.54) is 0 Å². The van der Waals surface area contributed by atoms with Gasteiger partial charge in [-0.25, -0.2) is 10.9 Å². The van der Waals surface area contributed by atoms with Gasteiger partial charge in [0.25, 0.3) is 0 Å². The second kappa shape index (κ2) is 1.75. The zero-order valence-corrected chi connectivity index (χ0v) is 4.39. The van der Waals surface area contributed by atoms with Crippen LogP contribution in [0.15, 0.2) is 0 Å². The Balaban J connectivity index is 2.33. The van der Waals surface area contributed by atoms with Gasteiger partial charge in [-0.05, 0) is 0 Å². The van der Waals surface area contributed by atoms with Crippen molar-refractivity contribution < 1.29 is 0 Å². The highest BCUT2D eigenvalue weighted by atomic mass is 16.0. The summed E-state index contributed by atoms with van der Waals surface area (Å²) < 4.78 is 0. The van der Waals surface area contributed by atoms with E-state index in [4.69, 9.17) is 0 Å². The molecule has 0 aromatic carbocycles. The van der Waals surface area contributed by atoms with Crippen molar-refractivity contribution in [1.29, 1.82) is 0 Å². The first-order valence-corrected chi connectivity index (χ1v) is 2.04. The first-order chi connectivity index (χ1) is 3.30. The van der Waals surface area contributed by atoms with Crippen molar-refractivity contribution in [2.24, 2.45) is 0 Å². The normalized spacial score (nSPS) is 26.6. The van der Waals surface area contributed by atoms with Crippen molar-refractivity contribution in [3.63, 3.8) is 0 Å². The maximum Gasteiger partial charge on any atom is 0.173 e. The maximum absolute atomic E-state index is 2.77. The minimum Gasteiger partial charge on any atom is -0.213 e. The second-order valence-corrected chi connectivity index (χ2v) is 1.40. The maximum atomic E-state index is 2.77. The van der Waals surface area contributed by atoms with Crippen LogP contribution in [0.4, 0.5) is 0 Å². The van der Waals surface area contributed by atoms with Crippen molar-refractivity contribution in [2.45, 2.75) is 0 Å². The molecule has 1 aliphatic heterocycles. The Morgan fingerprint density at radius 1 is 1.14 bits per heavy atom. The van der Waals surface area contributed by atoms with Crippen molar-refractivity contribution in [2.75, 3.05) is 14.1 Å². The molecule has 4 heteroatoms. The molecule has 2 radical (unpaired) electrons. The van der Waals surface area contributed by atoms with Gasteiger partial charge in [0.2, 0.25) is 0 Å². The van der Waals surface area contributed by atoms with Crippen LogP contribution in [0.25, 0.3) is 0 Å². The highest BCUT2D eigenvalue weighted by Gasteiger charge is 2.10. The molecule has 7 heavy (non-hydrogen) atoms. The molecule has 0 amide bonds. The predicted molar refractivity (Wildman–Crippen MR) is 25.0 cm³/mol. The summed E-state index contributed by atoms with van der Waals surface area (Å²) in [4.78, 5) is 0. The van der Waals surface area contributed by atoms with Gasteiger partial charge in [0.15, 0.2) is 6.67 Å². The Labute approximate surface area is 43.0 Å². The summed E-state index contributed by atoms with van der Waals surface area (Å²) in [6.07, 6.45) is 0. The van der Waals surface area contributed by atoms with E-state index in [-0.39, 0.29) is 0 Å². The predicted octanol–water partition coefficient (Wildman–Crippen LogP) is -1.22. The topological polar surface area (TPSA) is 30.5 Å². The van der Waals surface area contributed by atoms with Crippen LogP contribution in [-0.4, -0.2) is 24.3 Å². The molecule has 0 aromatic heterocycles. The molecule has 1 fully saturated rings. The van der Waals surface area contributed by atoms with Crippen LogP contribution in [0.5, 0.6) is 0 Å². The summed E-state index contributed by atoms with van der Waals surface area (Å²) in [6, 6.07) is 0. The molecule has 0 atom stereocenters. The van der Waals surface area contributed by atoms with Crippen LogP contribution in [-0.2, 0) is 0 Å². The second-order valence-electron chi connectivity index (χ2n) is 1.40. The number of rotatable bonds is 0. The summed E-state index contributed by atoms with van der Waals surface area (Å²) in [5.41, 5.74) is 5.53. The van der Waals surface area contributed by atoms with Gasteiger partial charge in [-0.1, -0.05) is 0 Å². The fourth-order valence-corrected chi connectivity index (χ4v) is 0.337. The average molecular weight is 100 g/mol. The summed E-state index contributed by atoms with van der Waals surface area (Å²) in [7, 11) is 3.76. The zero-order chi connectivity index (χ0) is 5.28. The van der Waals surface area contributed by atoms with Gasteiger partial charge in [-0.15, -0.1) is 0 Å². The molecule has 0 bridgehead atoms. The lowest BCUT2D eigenvalue weighted by atomic mass is 11.2. The molecule has 4 nitrogen and oxygen atoms in total. The van der Waals surface area contributed by atoms with Crippen molar-refractivity contribution in [1.82, 2.24) is 21.1 Å². The van der Waals surface area contributed by atoms with Gasteiger partial charge >= 0.3 is 0 Å². The van der Waals surface area contributed by atoms with Gasteiger partial charge in [-0.2, -0.15) is 10.2 Å². The van der Waals surface area contributed by atoms with Gasteiger partial charge < -0.3 is 0 Å². The lowest BCUT2D eigenvalue weighted by Gasteiger charge is -2.14. The van der Waals surface area contributed by atoms with E-state index in [0.29, 0.717) is 0 Å². The number of hydrazine groups is 3. The third-order valence-corrected chi connectivity index (χ3v) is 0.885. The van der Waals surface area contributed by atoms with Crippen LogP contribution < -0.4 is 10.9 Å². The molecule has 1 saturated heterocycles. The standard InChI is InChI=1S/C3H8N4/c1-6-4-3-5-7(6)2/h4-5H,1-2H3. The third-order valence-electron chi connectivity index (χ3n) is 0.885. The smallest absolute Gasteiger partial charge is 0.173 e. The van der Waals surface area contributed by atoms with Crippen LogP contribution >= 0.6 is 0 Å². The summed E-state index contributed by atoms with van der Waals surface area (Å²) in [5, 5.41) is 3.53. The fraction of sp³-hybridized carbons (Fsp3) is 0.667. The van der Waals surface area contributed by atoms with Crippen molar-refractivity contribution in [3.05, 3.63) is 6.67 Å². The zero-order valence-electron chi connectivity index (χ0n) is 4.39. The monoisotopic (exact) mass is 100 g/mol. The van der Waals surface area contributed by atoms with Crippen molar-refractivity contribution in [3.8, 4) is 0 Å². The molecule has 0 aliphatic carbocycles. The number of nitrogens with zero attached hydrogens (tertiary/aromatic N) is 2. The van der Waals surface area contributed by atoms with Crippen LogP contribution in [0.3, 0.4) is 0 Å². The van der Waals surface area contributed by atoms with Gasteiger partial charge in [0, 0.05) is 14.1 Å². The van der Waals surface area contributed by atoms with Gasteiger partial charge in [-0.3, -0.25) is 0 Å². The molecule has 1 heterocycles. The summed E-state index contributed by atoms with van der Waals surface area (Å²) in [5.74, 6) is 0. The van der Waals surface area contributed by atoms with Gasteiger partial charge in [0.1, 0.15) is 0 Å². The van der Waals surface area contributed by atoms with E-state index in [1.54, 1.807) is 10.2 Å². The van der Waals surface area contributed by atoms with Crippen LogP contribution in [0, 0.1) is 6.67 Å².